The van der Waals surface area contributed by atoms with Gasteiger partial charge in [0.1, 0.15) is 0 Å². The summed E-state index contributed by atoms with van der Waals surface area (Å²) in [5.74, 6) is 0. The van der Waals surface area contributed by atoms with Gasteiger partial charge in [0.05, 0.1) is 0 Å². The summed E-state index contributed by atoms with van der Waals surface area (Å²) in [6.07, 6.45) is 4.62. The largest absolute Gasteiger partial charge is 0.328 e. The van der Waals surface area contributed by atoms with Crippen LogP contribution >= 0.6 is 23.2 Å². The first-order chi connectivity index (χ1) is 7.17. The lowest BCUT2D eigenvalue weighted by Crippen LogP contribution is -2.41. The highest BCUT2D eigenvalue weighted by Crippen LogP contribution is 2.23. The molecule has 0 heterocycles. The molecule has 1 aliphatic carbocycles. The summed E-state index contributed by atoms with van der Waals surface area (Å²) >= 11 is 11.5. The van der Waals surface area contributed by atoms with Crippen molar-refractivity contribution in [3.8, 4) is 0 Å². The van der Waals surface area contributed by atoms with Crippen molar-refractivity contribution < 1.29 is 0 Å². The Morgan fingerprint density at radius 2 is 2.00 bits per heavy atom. The van der Waals surface area contributed by atoms with E-state index in [2.05, 4.69) is 11.8 Å². The van der Waals surface area contributed by atoms with Gasteiger partial charge in [0.25, 0.3) is 0 Å². The normalized spacial score (nSPS) is 28.5. The second-order valence-corrected chi connectivity index (χ2v) is 4.89. The monoisotopic (exact) mass is 250 g/mol. The molecule has 2 N–H and O–H groups in total. The molecule has 2 nitrogen and oxygen atoms in total. The minimum atomic E-state index is 0.402. The molecule has 0 aromatic heterocycles. The molecule has 0 saturated heterocycles. The topological polar surface area (TPSA) is 29.3 Å². The predicted molar refractivity (Wildman–Crippen MR) is 67.3 cm³/mol. The van der Waals surface area contributed by atoms with Crippen molar-refractivity contribution in [1.29, 1.82) is 0 Å². The Kier molecular flexibility index (Phi) is 5.98. The fourth-order valence-electron chi connectivity index (χ4n) is 2.19. The molecule has 15 heavy (non-hydrogen) atoms. The van der Waals surface area contributed by atoms with E-state index in [9.17, 15) is 0 Å². The summed E-state index contributed by atoms with van der Waals surface area (Å²) < 4.78 is 0. The quantitative estimate of drug-likeness (QED) is 0.832. The maximum atomic E-state index is 5.95. The molecule has 0 atom stereocenters. The Morgan fingerprint density at radius 1 is 1.40 bits per heavy atom. The van der Waals surface area contributed by atoms with Crippen molar-refractivity contribution in [3.05, 3.63) is 10.6 Å². The van der Waals surface area contributed by atoms with Crippen LogP contribution in [0.15, 0.2) is 10.6 Å². The fourth-order valence-corrected chi connectivity index (χ4v) is 2.42. The van der Waals surface area contributed by atoms with Gasteiger partial charge in [0.2, 0.25) is 0 Å². The second kappa shape index (κ2) is 6.74. The van der Waals surface area contributed by atoms with E-state index in [4.69, 9.17) is 28.9 Å². The molecule has 0 amide bonds. The van der Waals surface area contributed by atoms with E-state index in [1.165, 1.54) is 18.4 Å². The summed E-state index contributed by atoms with van der Waals surface area (Å²) in [4.78, 5) is 2.38. The summed E-state index contributed by atoms with van der Waals surface area (Å²) in [6.45, 7) is 3.94. The molecule has 0 aromatic carbocycles. The Bertz CT molecular complexity index is 211. The van der Waals surface area contributed by atoms with Gasteiger partial charge in [-0.3, -0.25) is 4.90 Å². The van der Waals surface area contributed by atoms with Gasteiger partial charge in [-0.05, 0) is 32.2 Å². The summed E-state index contributed by atoms with van der Waals surface area (Å²) in [6, 6.07) is 1.03. The lowest BCUT2D eigenvalue weighted by molar-refractivity contribution is 0.171. The van der Waals surface area contributed by atoms with Crippen LogP contribution in [0.1, 0.15) is 32.6 Å². The molecule has 1 saturated carbocycles. The molecule has 1 rings (SSSR count). The van der Waals surface area contributed by atoms with Crippen LogP contribution in [-0.2, 0) is 0 Å². The van der Waals surface area contributed by atoms with Gasteiger partial charge in [0.15, 0.2) is 0 Å². The van der Waals surface area contributed by atoms with Gasteiger partial charge in [0, 0.05) is 29.2 Å². The molecule has 0 radical (unpaired) electrons. The highest BCUT2D eigenvalue weighted by Gasteiger charge is 2.23. The Labute approximate surface area is 102 Å². The second-order valence-electron chi connectivity index (χ2n) is 4.19. The van der Waals surface area contributed by atoms with E-state index < -0.39 is 0 Å². The Balaban J connectivity index is 2.44. The molecule has 0 aliphatic heterocycles. The SMILES string of the molecule is CCN(CC(Cl)=CCl)C1CCC(N)CC1. The molecule has 0 spiro atoms. The van der Waals surface area contributed by atoms with E-state index in [0.29, 0.717) is 17.1 Å². The fraction of sp³-hybridized carbons (Fsp3) is 0.818. The number of halogens is 2. The zero-order valence-corrected chi connectivity index (χ0v) is 10.8. The average Bonchev–Trinajstić information content (AvgIpc) is 2.27. The van der Waals surface area contributed by atoms with Crippen molar-refractivity contribution in [2.75, 3.05) is 13.1 Å². The number of nitrogens with two attached hydrogens (primary N) is 1. The molecule has 88 valence electrons. The van der Waals surface area contributed by atoms with Gasteiger partial charge in [-0.2, -0.15) is 0 Å². The molecule has 1 fully saturated rings. The molecule has 0 bridgehead atoms. The number of hydrogen-bond donors (Lipinski definition) is 1. The first-order valence-corrected chi connectivity index (χ1v) is 6.43. The van der Waals surface area contributed by atoms with Crippen LogP contribution in [0, 0.1) is 0 Å². The van der Waals surface area contributed by atoms with Gasteiger partial charge in [-0.1, -0.05) is 30.1 Å². The maximum absolute atomic E-state index is 5.95. The van der Waals surface area contributed by atoms with Crippen LogP contribution in [0.25, 0.3) is 0 Å². The van der Waals surface area contributed by atoms with E-state index >= 15 is 0 Å². The molecular weight excluding hydrogens is 231 g/mol. The van der Waals surface area contributed by atoms with Gasteiger partial charge < -0.3 is 5.73 Å². The van der Waals surface area contributed by atoms with E-state index in [1.807, 2.05) is 0 Å². The van der Waals surface area contributed by atoms with Crippen LogP contribution in [0.5, 0.6) is 0 Å². The minimum absolute atomic E-state index is 0.402. The molecular formula is C11H20Cl2N2. The number of likely N-dealkylation sites (N-methyl/N-ethyl adjacent to an activating group) is 1. The van der Waals surface area contributed by atoms with E-state index in [1.54, 1.807) is 0 Å². The van der Waals surface area contributed by atoms with Crippen molar-refractivity contribution in [2.45, 2.75) is 44.7 Å². The molecule has 4 heteroatoms. The summed E-state index contributed by atoms with van der Waals surface area (Å²) in [5.41, 5.74) is 7.35. The lowest BCUT2D eigenvalue weighted by Gasteiger charge is -2.35. The highest BCUT2D eigenvalue weighted by molar-refractivity contribution is 6.36. The Morgan fingerprint density at radius 3 is 2.47 bits per heavy atom. The van der Waals surface area contributed by atoms with Gasteiger partial charge >= 0.3 is 0 Å². The van der Waals surface area contributed by atoms with Gasteiger partial charge in [-0.15, -0.1) is 0 Å². The molecule has 1 aliphatic rings. The summed E-state index contributed by atoms with van der Waals surface area (Å²) in [7, 11) is 0. The number of rotatable bonds is 4. The number of hydrogen-bond acceptors (Lipinski definition) is 2. The smallest absolute Gasteiger partial charge is 0.0434 e. The zero-order valence-electron chi connectivity index (χ0n) is 9.26. The van der Waals surface area contributed by atoms with E-state index in [-0.39, 0.29) is 0 Å². The van der Waals surface area contributed by atoms with Crippen molar-refractivity contribution >= 4 is 23.2 Å². The predicted octanol–water partition coefficient (Wildman–Crippen LogP) is 2.90. The lowest BCUT2D eigenvalue weighted by atomic mass is 9.91. The first kappa shape index (κ1) is 13.3. The number of nitrogens with zero attached hydrogens (tertiary/aromatic N) is 1. The third-order valence-corrected chi connectivity index (χ3v) is 3.74. The standard InChI is InChI=1S/C11H20Cl2N2/c1-2-15(8-9(13)7-12)11-5-3-10(14)4-6-11/h7,10-11H,2-6,8,14H2,1H3. The van der Waals surface area contributed by atoms with Crippen LogP contribution in [-0.4, -0.2) is 30.1 Å². The van der Waals surface area contributed by atoms with E-state index in [0.717, 1.165) is 25.9 Å². The first-order valence-electron chi connectivity index (χ1n) is 5.61. The minimum Gasteiger partial charge on any atom is -0.328 e. The maximum Gasteiger partial charge on any atom is 0.0434 e. The van der Waals surface area contributed by atoms with Crippen molar-refractivity contribution in [3.63, 3.8) is 0 Å². The third kappa shape index (κ3) is 4.31. The van der Waals surface area contributed by atoms with Crippen LogP contribution < -0.4 is 5.73 Å². The molecule has 0 unspecified atom stereocenters. The van der Waals surface area contributed by atoms with Crippen LogP contribution in [0.3, 0.4) is 0 Å². The Hall–Kier alpha value is 0.240. The average molecular weight is 251 g/mol. The van der Waals surface area contributed by atoms with Gasteiger partial charge in [-0.25, -0.2) is 0 Å². The summed E-state index contributed by atoms with van der Waals surface area (Å²) in [5, 5.41) is 0.716. The van der Waals surface area contributed by atoms with Crippen molar-refractivity contribution in [1.82, 2.24) is 4.90 Å². The zero-order chi connectivity index (χ0) is 11.3. The molecule has 0 aromatic rings. The third-order valence-electron chi connectivity index (χ3n) is 3.14. The highest BCUT2D eigenvalue weighted by atomic mass is 35.5. The van der Waals surface area contributed by atoms with Crippen LogP contribution in [0.2, 0.25) is 0 Å². The van der Waals surface area contributed by atoms with Crippen LogP contribution in [0.4, 0.5) is 0 Å². The van der Waals surface area contributed by atoms with Crippen molar-refractivity contribution in [2.24, 2.45) is 5.73 Å².